The Kier molecular flexibility index (Phi) is 7.94. The fourth-order valence-electron chi connectivity index (χ4n) is 4.72. The Morgan fingerprint density at radius 3 is 2.42 bits per heavy atom. The van der Waals surface area contributed by atoms with E-state index >= 15 is 0 Å². The lowest BCUT2D eigenvalue weighted by molar-refractivity contribution is -0.130. The molecule has 2 aliphatic heterocycles. The topological polar surface area (TPSA) is 97.0 Å². The molecule has 2 heterocycles. The van der Waals surface area contributed by atoms with E-state index < -0.39 is 0 Å². The number of carbonyl (C=O) groups is 3. The standard InChI is InChI=1S/C28H35N3O5/c1-5-26(32)30-20-10-13-24-22(14-20)28(34)31(4)23-12-11-21(36-25(23)16-35-24)15-27(33)29-19-8-6-18(7-9-19)17(2)3/h6-10,13-14,17,21,23,25H,5,11-12,15-16H2,1-4H3,(H,29,33)(H,30,32)/t21-,23+,25-/m1/s1. The third-order valence-electron chi connectivity index (χ3n) is 6.89. The van der Waals surface area contributed by atoms with Crippen LogP contribution >= 0.6 is 0 Å². The van der Waals surface area contributed by atoms with Gasteiger partial charge in [-0.25, -0.2) is 0 Å². The highest BCUT2D eigenvalue weighted by molar-refractivity contribution is 5.99. The van der Waals surface area contributed by atoms with Gasteiger partial charge in [0.1, 0.15) is 18.5 Å². The first-order valence-electron chi connectivity index (χ1n) is 12.6. The van der Waals surface area contributed by atoms with Crippen LogP contribution in [0.5, 0.6) is 5.75 Å². The Labute approximate surface area is 212 Å². The Bertz CT molecular complexity index is 1110. The van der Waals surface area contributed by atoms with Crippen molar-refractivity contribution in [2.75, 3.05) is 24.3 Å². The van der Waals surface area contributed by atoms with Crippen molar-refractivity contribution in [2.24, 2.45) is 0 Å². The summed E-state index contributed by atoms with van der Waals surface area (Å²) in [6, 6.07) is 12.8. The number of likely N-dealkylation sites (N-methyl/N-ethyl adjacent to an activating group) is 1. The first-order chi connectivity index (χ1) is 17.2. The minimum atomic E-state index is -0.344. The van der Waals surface area contributed by atoms with E-state index in [1.165, 1.54) is 5.56 Å². The number of benzene rings is 2. The normalized spacial score (nSPS) is 21.5. The van der Waals surface area contributed by atoms with Crippen molar-refractivity contribution in [3.63, 3.8) is 0 Å². The maximum Gasteiger partial charge on any atom is 0.257 e. The average molecular weight is 494 g/mol. The molecule has 0 saturated carbocycles. The molecule has 0 aromatic heterocycles. The SMILES string of the molecule is CCC(=O)Nc1ccc2c(c1)C(=O)N(C)[C@H]1CC[C@H](CC(=O)Nc3ccc(C(C)C)cc3)O[C@@H]1CO2. The quantitative estimate of drug-likeness (QED) is 0.615. The van der Waals surface area contributed by atoms with Gasteiger partial charge in [-0.2, -0.15) is 0 Å². The molecule has 3 amide bonds. The first kappa shape index (κ1) is 25.7. The summed E-state index contributed by atoms with van der Waals surface area (Å²) in [6.07, 6.45) is 1.37. The van der Waals surface area contributed by atoms with E-state index in [0.717, 1.165) is 5.69 Å². The van der Waals surface area contributed by atoms with Gasteiger partial charge in [-0.05, 0) is 54.7 Å². The van der Waals surface area contributed by atoms with Crippen LogP contribution in [0.25, 0.3) is 0 Å². The second-order valence-corrected chi connectivity index (χ2v) is 9.81. The van der Waals surface area contributed by atoms with E-state index in [1.807, 2.05) is 24.3 Å². The average Bonchev–Trinajstić information content (AvgIpc) is 2.86. The van der Waals surface area contributed by atoms with Crippen molar-refractivity contribution >= 4 is 29.1 Å². The summed E-state index contributed by atoms with van der Waals surface area (Å²) >= 11 is 0. The largest absolute Gasteiger partial charge is 0.490 e. The number of fused-ring (bicyclic) bond motifs is 2. The number of hydrogen-bond donors (Lipinski definition) is 2. The number of nitrogens with one attached hydrogen (secondary N) is 2. The summed E-state index contributed by atoms with van der Waals surface area (Å²) in [6.45, 7) is 6.31. The van der Waals surface area contributed by atoms with E-state index in [2.05, 4.69) is 24.5 Å². The van der Waals surface area contributed by atoms with Crippen LogP contribution in [-0.2, 0) is 14.3 Å². The highest BCUT2D eigenvalue weighted by atomic mass is 16.5. The number of hydrogen-bond acceptors (Lipinski definition) is 5. The Morgan fingerprint density at radius 1 is 1.03 bits per heavy atom. The summed E-state index contributed by atoms with van der Waals surface area (Å²) in [7, 11) is 1.77. The molecule has 2 aliphatic rings. The fraction of sp³-hybridized carbons (Fsp3) is 0.464. The van der Waals surface area contributed by atoms with Crippen molar-refractivity contribution in [3.8, 4) is 5.75 Å². The minimum Gasteiger partial charge on any atom is -0.490 e. The van der Waals surface area contributed by atoms with Gasteiger partial charge < -0.3 is 25.0 Å². The van der Waals surface area contributed by atoms with Crippen LogP contribution in [0.1, 0.15) is 68.3 Å². The third kappa shape index (κ3) is 5.87. The third-order valence-corrected chi connectivity index (χ3v) is 6.89. The highest BCUT2D eigenvalue weighted by Crippen LogP contribution is 2.32. The fourth-order valence-corrected chi connectivity index (χ4v) is 4.72. The molecular formula is C28H35N3O5. The molecule has 1 saturated heterocycles. The number of rotatable bonds is 6. The molecule has 0 aliphatic carbocycles. The van der Waals surface area contributed by atoms with E-state index in [-0.39, 0.29) is 49.0 Å². The summed E-state index contributed by atoms with van der Waals surface area (Å²) in [5, 5.41) is 5.75. The zero-order valence-corrected chi connectivity index (χ0v) is 21.4. The summed E-state index contributed by atoms with van der Waals surface area (Å²) in [5.74, 6) is 0.486. The van der Waals surface area contributed by atoms with Crippen molar-refractivity contribution < 1.29 is 23.9 Å². The molecule has 3 atom stereocenters. The Hall–Kier alpha value is -3.39. The molecule has 0 bridgehead atoms. The van der Waals surface area contributed by atoms with Crippen LogP contribution in [0.2, 0.25) is 0 Å². The summed E-state index contributed by atoms with van der Waals surface area (Å²) in [4.78, 5) is 39.4. The van der Waals surface area contributed by atoms with E-state index in [9.17, 15) is 14.4 Å². The van der Waals surface area contributed by atoms with Crippen LogP contribution in [0.4, 0.5) is 11.4 Å². The van der Waals surface area contributed by atoms with Gasteiger partial charge in [-0.3, -0.25) is 14.4 Å². The van der Waals surface area contributed by atoms with E-state index in [1.54, 1.807) is 37.1 Å². The van der Waals surface area contributed by atoms with Gasteiger partial charge in [0, 0.05) is 24.8 Å². The number of nitrogens with zero attached hydrogens (tertiary/aromatic N) is 1. The summed E-state index contributed by atoms with van der Waals surface area (Å²) in [5.41, 5.74) is 2.97. The van der Waals surface area contributed by atoms with Gasteiger partial charge in [0.05, 0.1) is 24.1 Å². The molecule has 2 N–H and O–H groups in total. The molecule has 0 unspecified atom stereocenters. The van der Waals surface area contributed by atoms with Crippen LogP contribution in [0.15, 0.2) is 42.5 Å². The molecular weight excluding hydrogens is 458 g/mol. The van der Waals surface area contributed by atoms with Gasteiger partial charge in [-0.1, -0.05) is 32.9 Å². The van der Waals surface area contributed by atoms with Crippen molar-refractivity contribution in [3.05, 3.63) is 53.6 Å². The van der Waals surface area contributed by atoms with Gasteiger partial charge in [0.2, 0.25) is 11.8 Å². The van der Waals surface area contributed by atoms with E-state index in [0.29, 0.717) is 42.2 Å². The highest BCUT2D eigenvalue weighted by Gasteiger charge is 2.39. The molecule has 36 heavy (non-hydrogen) atoms. The van der Waals surface area contributed by atoms with Crippen LogP contribution in [-0.4, -0.2) is 54.5 Å². The van der Waals surface area contributed by atoms with Crippen LogP contribution in [0, 0.1) is 0 Å². The number of amides is 3. The number of anilines is 2. The predicted octanol–water partition coefficient (Wildman–Crippen LogP) is 4.57. The molecule has 0 radical (unpaired) electrons. The maximum absolute atomic E-state index is 13.3. The van der Waals surface area contributed by atoms with Gasteiger partial charge in [-0.15, -0.1) is 0 Å². The molecule has 2 aromatic carbocycles. The van der Waals surface area contributed by atoms with Crippen molar-refractivity contribution in [2.45, 2.75) is 70.6 Å². The second-order valence-electron chi connectivity index (χ2n) is 9.81. The molecule has 4 rings (SSSR count). The molecule has 8 nitrogen and oxygen atoms in total. The molecule has 192 valence electrons. The zero-order chi connectivity index (χ0) is 25.8. The Morgan fingerprint density at radius 2 is 1.72 bits per heavy atom. The number of carbonyl (C=O) groups excluding carboxylic acids is 3. The zero-order valence-electron chi connectivity index (χ0n) is 21.4. The van der Waals surface area contributed by atoms with Crippen LogP contribution in [0.3, 0.4) is 0 Å². The molecule has 1 fully saturated rings. The van der Waals surface area contributed by atoms with Gasteiger partial charge in [0.15, 0.2) is 0 Å². The van der Waals surface area contributed by atoms with Crippen LogP contribution < -0.4 is 15.4 Å². The lowest BCUT2D eigenvalue weighted by Gasteiger charge is -2.42. The number of ether oxygens (including phenoxy) is 2. The van der Waals surface area contributed by atoms with Gasteiger partial charge in [0.25, 0.3) is 5.91 Å². The second kappa shape index (κ2) is 11.1. The van der Waals surface area contributed by atoms with E-state index in [4.69, 9.17) is 9.47 Å². The maximum atomic E-state index is 13.3. The summed E-state index contributed by atoms with van der Waals surface area (Å²) < 4.78 is 12.3. The molecule has 8 heteroatoms. The smallest absolute Gasteiger partial charge is 0.257 e. The lowest BCUT2D eigenvalue weighted by atomic mass is 9.94. The van der Waals surface area contributed by atoms with Gasteiger partial charge >= 0.3 is 0 Å². The lowest BCUT2D eigenvalue weighted by Crippen LogP contribution is -2.53. The molecule has 2 aromatic rings. The predicted molar refractivity (Wildman–Crippen MR) is 138 cm³/mol. The first-order valence-corrected chi connectivity index (χ1v) is 12.6. The molecule has 0 spiro atoms. The minimum absolute atomic E-state index is 0.0982. The monoisotopic (exact) mass is 493 g/mol. The Balaban J connectivity index is 1.39. The van der Waals surface area contributed by atoms with Crippen molar-refractivity contribution in [1.29, 1.82) is 0 Å². The van der Waals surface area contributed by atoms with Crippen molar-refractivity contribution in [1.82, 2.24) is 4.90 Å².